The number of halogens is 1. The van der Waals surface area contributed by atoms with Crippen molar-refractivity contribution in [2.45, 2.75) is 24.9 Å². The van der Waals surface area contributed by atoms with E-state index in [0.29, 0.717) is 5.33 Å². The number of hydrogen-bond acceptors (Lipinski definition) is 0. The Morgan fingerprint density at radius 2 is 2.14 bits per heavy atom. The van der Waals surface area contributed by atoms with Gasteiger partial charge in [0.05, 0.1) is 0 Å². The summed E-state index contributed by atoms with van der Waals surface area (Å²) in [6.07, 6.45) is 2.88. The lowest BCUT2D eigenvalue weighted by molar-refractivity contribution is -0.0697. The Bertz CT molecular complexity index is 63.0. The van der Waals surface area contributed by atoms with Crippen LogP contribution < -0.4 is 0 Å². The van der Waals surface area contributed by atoms with Gasteiger partial charge in [0.25, 0.3) is 0 Å². The van der Waals surface area contributed by atoms with Gasteiger partial charge in [-0.05, 0) is 19.3 Å². The Morgan fingerprint density at radius 3 is 2.14 bits per heavy atom. The number of alkyl halides is 1. The minimum Gasteiger partial charge on any atom is -0.229 e. The normalized spacial score (nSPS) is 26.6. The number of hydrogen-bond donors (Lipinski definition) is 0. The van der Waals surface area contributed by atoms with Gasteiger partial charge in [-0.25, -0.2) is 5.11 Å². The standard InChI is InChI=1S/C5H8BrO/c6-4-5(7)2-1-3-5/h1-4H2. The molecule has 0 saturated heterocycles. The van der Waals surface area contributed by atoms with Gasteiger partial charge in [0.2, 0.25) is 0 Å². The first kappa shape index (κ1) is 5.57. The molecule has 1 radical (unpaired) electrons. The van der Waals surface area contributed by atoms with Gasteiger partial charge in [-0.15, -0.1) is 0 Å². The summed E-state index contributed by atoms with van der Waals surface area (Å²) in [6.45, 7) is 0. The predicted octanol–water partition coefficient (Wildman–Crippen LogP) is 1.73. The summed E-state index contributed by atoms with van der Waals surface area (Å²) in [6, 6.07) is 0. The second kappa shape index (κ2) is 1.75. The average Bonchev–Trinajstić information content (AvgIpc) is 1.61. The first-order valence-corrected chi connectivity index (χ1v) is 3.65. The van der Waals surface area contributed by atoms with Gasteiger partial charge in [-0.3, -0.25) is 0 Å². The van der Waals surface area contributed by atoms with Crippen molar-refractivity contribution >= 4 is 15.9 Å². The van der Waals surface area contributed by atoms with Crippen molar-refractivity contribution in [2.75, 3.05) is 5.33 Å². The molecule has 0 amide bonds. The molecule has 0 aromatic carbocycles. The monoisotopic (exact) mass is 163 g/mol. The van der Waals surface area contributed by atoms with E-state index in [0.717, 1.165) is 19.3 Å². The zero-order valence-corrected chi connectivity index (χ0v) is 5.70. The molecule has 0 spiro atoms. The molecule has 0 heterocycles. The Kier molecular flexibility index (Phi) is 1.39. The summed E-state index contributed by atoms with van der Waals surface area (Å²) in [5.41, 5.74) is -0.569. The van der Waals surface area contributed by atoms with Gasteiger partial charge in [0.1, 0.15) is 5.60 Å². The van der Waals surface area contributed by atoms with Crippen LogP contribution in [0, 0.1) is 0 Å². The van der Waals surface area contributed by atoms with Crippen LogP contribution >= 0.6 is 15.9 Å². The van der Waals surface area contributed by atoms with E-state index < -0.39 is 5.60 Å². The third-order valence-electron chi connectivity index (χ3n) is 1.51. The molecule has 1 fully saturated rings. The Hall–Kier alpha value is 0.440. The molecule has 0 atom stereocenters. The van der Waals surface area contributed by atoms with E-state index in [1.54, 1.807) is 0 Å². The zero-order chi connectivity index (χ0) is 5.33. The van der Waals surface area contributed by atoms with E-state index in [-0.39, 0.29) is 0 Å². The molecule has 0 aromatic heterocycles. The van der Waals surface area contributed by atoms with Crippen LogP contribution in [0.5, 0.6) is 0 Å². The van der Waals surface area contributed by atoms with E-state index in [1.807, 2.05) is 0 Å². The van der Waals surface area contributed by atoms with Crippen molar-refractivity contribution in [1.29, 1.82) is 0 Å². The van der Waals surface area contributed by atoms with Gasteiger partial charge < -0.3 is 0 Å². The highest BCUT2D eigenvalue weighted by Gasteiger charge is 2.34. The van der Waals surface area contributed by atoms with Crippen molar-refractivity contribution < 1.29 is 5.11 Å². The maximum absolute atomic E-state index is 10.9. The summed E-state index contributed by atoms with van der Waals surface area (Å²) in [7, 11) is 0. The fourth-order valence-electron chi connectivity index (χ4n) is 0.705. The molecule has 1 rings (SSSR count). The molecule has 0 aliphatic heterocycles. The Balaban J connectivity index is 2.29. The minimum absolute atomic E-state index is 0.569. The van der Waals surface area contributed by atoms with Crippen molar-refractivity contribution in [3.63, 3.8) is 0 Å². The van der Waals surface area contributed by atoms with Crippen LogP contribution in [-0.2, 0) is 5.11 Å². The zero-order valence-electron chi connectivity index (χ0n) is 4.11. The highest BCUT2D eigenvalue weighted by Crippen LogP contribution is 2.33. The minimum atomic E-state index is -0.569. The maximum atomic E-state index is 10.9. The van der Waals surface area contributed by atoms with Gasteiger partial charge in [-0.2, -0.15) is 0 Å². The molecule has 1 nitrogen and oxygen atoms in total. The smallest absolute Gasteiger partial charge is 0.113 e. The lowest BCUT2D eigenvalue weighted by atomic mass is 9.82. The van der Waals surface area contributed by atoms with E-state index in [9.17, 15) is 5.11 Å². The summed E-state index contributed by atoms with van der Waals surface area (Å²) >= 11 is 3.17. The second-order valence-electron chi connectivity index (χ2n) is 2.17. The van der Waals surface area contributed by atoms with Crippen molar-refractivity contribution in [3.05, 3.63) is 0 Å². The Morgan fingerprint density at radius 1 is 1.57 bits per heavy atom. The second-order valence-corrected chi connectivity index (χ2v) is 2.73. The van der Waals surface area contributed by atoms with Crippen molar-refractivity contribution in [2.24, 2.45) is 0 Å². The molecular formula is C5H8BrO. The summed E-state index contributed by atoms with van der Waals surface area (Å²) in [5, 5.41) is 11.5. The van der Waals surface area contributed by atoms with Crippen LogP contribution in [0.1, 0.15) is 19.3 Å². The molecule has 1 saturated carbocycles. The van der Waals surface area contributed by atoms with Crippen LogP contribution in [0.25, 0.3) is 0 Å². The summed E-state index contributed by atoms with van der Waals surface area (Å²) in [5.74, 6) is 0. The SMILES string of the molecule is [O]C1(CBr)CCC1. The average molecular weight is 164 g/mol. The topological polar surface area (TPSA) is 19.9 Å². The first-order chi connectivity index (χ1) is 3.27. The van der Waals surface area contributed by atoms with E-state index >= 15 is 0 Å². The van der Waals surface area contributed by atoms with Gasteiger partial charge in [0.15, 0.2) is 0 Å². The highest BCUT2D eigenvalue weighted by molar-refractivity contribution is 9.09. The van der Waals surface area contributed by atoms with Crippen molar-refractivity contribution in [1.82, 2.24) is 0 Å². The molecule has 0 N–H and O–H groups in total. The van der Waals surface area contributed by atoms with E-state index in [2.05, 4.69) is 15.9 Å². The first-order valence-electron chi connectivity index (χ1n) is 2.53. The summed E-state index contributed by atoms with van der Waals surface area (Å²) < 4.78 is 0. The molecule has 1 aliphatic rings. The van der Waals surface area contributed by atoms with E-state index in [1.165, 1.54) is 0 Å². The quantitative estimate of drug-likeness (QED) is 0.526. The third kappa shape index (κ3) is 0.970. The number of rotatable bonds is 1. The van der Waals surface area contributed by atoms with Gasteiger partial charge in [0, 0.05) is 5.33 Å². The molecule has 41 valence electrons. The highest BCUT2D eigenvalue weighted by atomic mass is 79.9. The fraction of sp³-hybridized carbons (Fsp3) is 1.00. The summed E-state index contributed by atoms with van der Waals surface area (Å²) in [4.78, 5) is 0. The predicted molar refractivity (Wildman–Crippen MR) is 31.1 cm³/mol. The fourth-order valence-corrected chi connectivity index (χ4v) is 1.27. The maximum Gasteiger partial charge on any atom is 0.113 e. The molecule has 2 heteroatoms. The van der Waals surface area contributed by atoms with E-state index in [4.69, 9.17) is 0 Å². The van der Waals surface area contributed by atoms with Crippen LogP contribution in [0.3, 0.4) is 0 Å². The molecule has 7 heavy (non-hydrogen) atoms. The van der Waals surface area contributed by atoms with Gasteiger partial charge >= 0.3 is 0 Å². The van der Waals surface area contributed by atoms with Gasteiger partial charge in [-0.1, -0.05) is 15.9 Å². The van der Waals surface area contributed by atoms with Crippen LogP contribution in [0.4, 0.5) is 0 Å². The molecule has 0 unspecified atom stereocenters. The molecule has 0 bridgehead atoms. The lowest BCUT2D eigenvalue weighted by Crippen LogP contribution is -2.36. The molecule has 1 aliphatic carbocycles. The van der Waals surface area contributed by atoms with Crippen LogP contribution in [-0.4, -0.2) is 10.9 Å². The lowest BCUT2D eigenvalue weighted by Gasteiger charge is -2.31. The third-order valence-corrected chi connectivity index (χ3v) is 2.53. The Labute approximate surface area is 51.9 Å². The van der Waals surface area contributed by atoms with Crippen LogP contribution in [0.15, 0.2) is 0 Å². The molecular weight excluding hydrogens is 156 g/mol. The molecule has 0 aromatic rings. The largest absolute Gasteiger partial charge is 0.229 e. The van der Waals surface area contributed by atoms with Crippen LogP contribution in [0.2, 0.25) is 0 Å². The van der Waals surface area contributed by atoms with Crippen molar-refractivity contribution in [3.8, 4) is 0 Å².